The molecule has 0 amide bonds. The summed E-state index contributed by atoms with van der Waals surface area (Å²) in [6.07, 6.45) is -11.7. The molecule has 2 rings (SSSR count). The number of fused-ring (bicyclic) bond motifs is 2. The van der Waals surface area contributed by atoms with Crippen LogP contribution in [0.2, 0.25) is 0 Å². The van der Waals surface area contributed by atoms with Crippen LogP contribution in [0.25, 0.3) is 0 Å². The molecule has 3 atom stereocenters. The first-order valence-electron chi connectivity index (χ1n) is 5.84. The Balaban J connectivity index is 2.52. The maximum Gasteiger partial charge on any atom is 0.403 e. The summed E-state index contributed by atoms with van der Waals surface area (Å²) in [5, 5.41) is 0. The smallest absolute Gasteiger partial charge is 0.206 e. The van der Waals surface area contributed by atoms with Crippen molar-refractivity contribution < 1.29 is 35.1 Å². The van der Waals surface area contributed by atoms with E-state index in [4.69, 9.17) is 0 Å². The molecule has 8 heteroatoms. The highest BCUT2D eigenvalue weighted by molar-refractivity contribution is 5.11. The first kappa shape index (κ1) is 14.8. The second-order valence-corrected chi connectivity index (χ2v) is 5.62. The fraction of sp³-hybridized carbons (Fsp3) is 1.00. The fourth-order valence-corrected chi connectivity index (χ4v) is 3.61. The lowest BCUT2D eigenvalue weighted by Crippen LogP contribution is -2.59. The van der Waals surface area contributed by atoms with Gasteiger partial charge in [-0.25, -0.2) is 8.78 Å². The molecule has 0 N–H and O–H groups in total. The number of rotatable bonds is 1. The van der Waals surface area contributed by atoms with Gasteiger partial charge < -0.3 is 0 Å². The fourth-order valence-electron chi connectivity index (χ4n) is 3.61. The highest BCUT2D eigenvalue weighted by atomic mass is 19.4. The van der Waals surface area contributed by atoms with Crippen molar-refractivity contribution in [2.45, 2.75) is 44.5 Å². The van der Waals surface area contributed by atoms with Crippen LogP contribution in [-0.2, 0) is 0 Å². The van der Waals surface area contributed by atoms with Gasteiger partial charge in [-0.2, -0.15) is 26.3 Å². The van der Waals surface area contributed by atoms with Crippen LogP contribution in [0, 0.1) is 23.2 Å². The second-order valence-electron chi connectivity index (χ2n) is 5.62. The third-order valence-electron chi connectivity index (χ3n) is 4.70. The van der Waals surface area contributed by atoms with Gasteiger partial charge in [-0.1, -0.05) is 0 Å². The Bertz CT molecular complexity index is 352. The van der Waals surface area contributed by atoms with E-state index in [0.717, 1.165) is 0 Å². The topological polar surface area (TPSA) is 0 Å². The lowest BCUT2D eigenvalue weighted by atomic mass is 9.66. The summed E-state index contributed by atoms with van der Waals surface area (Å²) in [5.41, 5.74) is -4.36. The summed E-state index contributed by atoms with van der Waals surface area (Å²) < 4.78 is 105. The molecule has 2 aliphatic carbocycles. The molecule has 2 fully saturated rings. The minimum absolute atomic E-state index is 0.0000387. The lowest BCUT2D eigenvalue weighted by Gasteiger charge is -2.45. The van der Waals surface area contributed by atoms with E-state index in [0.29, 0.717) is 0 Å². The van der Waals surface area contributed by atoms with E-state index < -0.39 is 41.4 Å². The van der Waals surface area contributed by atoms with Crippen molar-refractivity contribution in [1.29, 1.82) is 0 Å². The molecule has 0 spiro atoms. The molecule has 2 aliphatic rings. The number of halogens is 8. The van der Waals surface area contributed by atoms with Crippen LogP contribution in [-0.4, -0.2) is 18.3 Å². The van der Waals surface area contributed by atoms with Gasteiger partial charge in [0.25, 0.3) is 5.92 Å². The first-order valence-corrected chi connectivity index (χ1v) is 5.84. The van der Waals surface area contributed by atoms with Gasteiger partial charge >= 0.3 is 12.4 Å². The van der Waals surface area contributed by atoms with E-state index in [1.165, 1.54) is 0 Å². The van der Waals surface area contributed by atoms with E-state index in [-0.39, 0.29) is 26.2 Å². The van der Waals surface area contributed by atoms with E-state index >= 15 is 0 Å². The van der Waals surface area contributed by atoms with Crippen molar-refractivity contribution in [3.05, 3.63) is 0 Å². The molecule has 19 heavy (non-hydrogen) atoms. The van der Waals surface area contributed by atoms with Crippen molar-refractivity contribution in [2.24, 2.45) is 23.2 Å². The summed E-state index contributed by atoms with van der Waals surface area (Å²) in [4.78, 5) is 0. The Hall–Kier alpha value is -0.560. The Kier molecular flexibility index (Phi) is 2.93. The molecule has 0 aliphatic heterocycles. The third-order valence-corrected chi connectivity index (χ3v) is 4.70. The maximum atomic E-state index is 13.9. The van der Waals surface area contributed by atoms with Crippen LogP contribution in [0.4, 0.5) is 35.1 Å². The quantitative estimate of drug-likeness (QED) is 0.610. The number of hydrogen-bond donors (Lipinski definition) is 0. The van der Waals surface area contributed by atoms with Gasteiger partial charge in [-0.3, -0.25) is 0 Å². The zero-order chi connectivity index (χ0) is 14.9. The van der Waals surface area contributed by atoms with E-state index in [1.54, 1.807) is 0 Å². The van der Waals surface area contributed by atoms with Crippen molar-refractivity contribution >= 4 is 0 Å². The van der Waals surface area contributed by atoms with Crippen LogP contribution in [0.15, 0.2) is 0 Å². The highest BCUT2D eigenvalue weighted by Crippen LogP contribution is 2.69. The van der Waals surface area contributed by atoms with Crippen molar-refractivity contribution in [3.63, 3.8) is 0 Å². The Morgan fingerprint density at radius 3 is 1.68 bits per heavy atom. The molecule has 2 saturated carbocycles. The zero-order valence-electron chi connectivity index (χ0n) is 9.88. The van der Waals surface area contributed by atoms with Crippen molar-refractivity contribution in [1.82, 2.24) is 0 Å². The SMILES string of the molecule is CC(C1C2CCC(C2)C1(F)F)(C(F)(F)F)C(F)(F)F. The summed E-state index contributed by atoms with van der Waals surface area (Å²) in [6.45, 7) is -0.133. The number of hydrogen-bond acceptors (Lipinski definition) is 0. The summed E-state index contributed by atoms with van der Waals surface area (Å²) >= 11 is 0. The molecule has 0 nitrogen and oxygen atoms in total. The predicted molar refractivity (Wildman–Crippen MR) is 49.5 cm³/mol. The lowest BCUT2D eigenvalue weighted by molar-refractivity contribution is -0.375. The van der Waals surface area contributed by atoms with Gasteiger partial charge in [-0.05, 0) is 32.1 Å². The average Bonchev–Trinajstić information content (AvgIpc) is 2.70. The molecule has 0 saturated heterocycles. The van der Waals surface area contributed by atoms with Gasteiger partial charge in [0, 0.05) is 11.8 Å². The van der Waals surface area contributed by atoms with Crippen LogP contribution in [0.5, 0.6) is 0 Å². The minimum Gasteiger partial charge on any atom is -0.206 e. The normalized spacial score (nSPS) is 34.9. The largest absolute Gasteiger partial charge is 0.403 e. The Morgan fingerprint density at radius 1 is 0.895 bits per heavy atom. The molecule has 0 heterocycles. The average molecular weight is 296 g/mol. The van der Waals surface area contributed by atoms with Crippen LogP contribution in [0.1, 0.15) is 26.2 Å². The summed E-state index contributed by atoms with van der Waals surface area (Å²) in [6, 6.07) is 0. The van der Waals surface area contributed by atoms with Gasteiger partial charge in [-0.15, -0.1) is 0 Å². The van der Waals surface area contributed by atoms with Crippen molar-refractivity contribution in [3.8, 4) is 0 Å². The number of alkyl halides is 8. The summed E-state index contributed by atoms with van der Waals surface area (Å²) in [7, 11) is 0. The van der Waals surface area contributed by atoms with Gasteiger partial charge in [0.05, 0.1) is 0 Å². The maximum absolute atomic E-state index is 13.9. The van der Waals surface area contributed by atoms with E-state index in [2.05, 4.69) is 0 Å². The van der Waals surface area contributed by atoms with Crippen LogP contribution < -0.4 is 0 Å². The van der Waals surface area contributed by atoms with Gasteiger partial charge in [0.2, 0.25) is 0 Å². The molecule has 2 bridgehead atoms. The minimum atomic E-state index is -5.75. The standard InChI is InChI=1S/C11H12F8/c1-8(10(14,15)16,11(17,18)19)7-5-2-3-6(4-5)9(7,12)13/h5-7H,2-4H2,1H3. The molecule has 3 unspecified atom stereocenters. The zero-order valence-corrected chi connectivity index (χ0v) is 9.88. The molecule has 0 aromatic heterocycles. The summed E-state index contributed by atoms with van der Waals surface area (Å²) in [5.74, 6) is -9.19. The van der Waals surface area contributed by atoms with Gasteiger partial charge in [0.1, 0.15) is 0 Å². The Labute approximate surface area is 104 Å². The molecule has 0 radical (unpaired) electrons. The molecular formula is C11H12F8. The molecule has 112 valence electrons. The second kappa shape index (κ2) is 3.75. The Morgan fingerprint density at radius 2 is 1.37 bits per heavy atom. The van der Waals surface area contributed by atoms with Crippen LogP contribution >= 0.6 is 0 Å². The van der Waals surface area contributed by atoms with E-state index in [1.807, 2.05) is 0 Å². The highest BCUT2D eigenvalue weighted by Gasteiger charge is 2.79. The molecular weight excluding hydrogens is 284 g/mol. The van der Waals surface area contributed by atoms with Crippen molar-refractivity contribution in [2.75, 3.05) is 0 Å². The molecule has 0 aromatic rings. The monoisotopic (exact) mass is 296 g/mol. The van der Waals surface area contributed by atoms with Crippen LogP contribution in [0.3, 0.4) is 0 Å². The first-order chi connectivity index (χ1) is 8.33. The third kappa shape index (κ3) is 1.77. The van der Waals surface area contributed by atoms with E-state index in [9.17, 15) is 35.1 Å². The van der Waals surface area contributed by atoms with Gasteiger partial charge in [0.15, 0.2) is 5.41 Å². The predicted octanol–water partition coefficient (Wildman–Crippen LogP) is 4.80. The molecule has 0 aromatic carbocycles.